The average molecular weight is 382 g/mol. The number of aryl methyl sites for hydroxylation is 1. The highest BCUT2D eigenvalue weighted by Gasteiger charge is 2.23. The number of nitrogens with zero attached hydrogens (tertiary/aromatic N) is 3. The van der Waals surface area contributed by atoms with E-state index in [4.69, 9.17) is 5.73 Å². The molecule has 7 nitrogen and oxygen atoms in total. The molecule has 0 aromatic carbocycles. The number of hydrogen-bond donors (Lipinski definition) is 2. The zero-order valence-electron chi connectivity index (χ0n) is 16.0. The first-order valence-electron chi connectivity index (χ1n) is 9.49. The Bertz CT molecular complexity index is 617. The van der Waals surface area contributed by atoms with Crippen molar-refractivity contribution in [3.05, 3.63) is 5.82 Å². The number of aromatic nitrogens is 3. The Morgan fingerprint density at radius 1 is 1.31 bits per heavy atom. The summed E-state index contributed by atoms with van der Waals surface area (Å²) in [5.41, 5.74) is 5.24. The Hall–Kier alpha value is -1.57. The minimum Gasteiger partial charge on any atom is -0.370 e. The first-order chi connectivity index (χ1) is 12.4. The van der Waals surface area contributed by atoms with Crippen molar-refractivity contribution in [1.29, 1.82) is 0 Å². The number of primary amides is 1. The van der Waals surface area contributed by atoms with Crippen LogP contribution in [0.25, 0.3) is 0 Å². The van der Waals surface area contributed by atoms with E-state index < -0.39 is 0 Å². The standard InChI is InChI=1S/C18H31N5O2S/c1-12(2)10-23-16(9-8-15(19)24)21-22-18(23)26-11-17(25)20-14-7-5-4-6-13(14)3/h12-14H,4-11H2,1-3H3,(H2,19,24)(H,20,25)/t13-,14-/m1/s1. The van der Waals surface area contributed by atoms with Gasteiger partial charge in [-0.2, -0.15) is 0 Å². The van der Waals surface area contributed by atoms with Crippen LogP contribution in [0.2, 0.25) is 0 Å². The number of nitrogens with two attached hydrogens (primary N) is 1. The lowest BCUT2D eigenvalue weighted by Crippen LogP contribution is -2.41. The maximum absolute atomic E-state index is 12.3. The van der Waals surface area contributed by atoms with Crippen molar-refractivity contribution in [2.24, 2.45) is 17.6 Å². The molecule has 1 aromatic rings. The van der Waals surface area contributed by atoms with Crippen LogP contribution in [0.3, 0.4) is 0 Å². The van der Waals surface area contributed by atoms with E-state index in [2.05, 4.69) is 36.3 Å². The summed E-state index contributed by atoms with van der Waals surface area (Å²) in [4.78, 5) is 23.4. The molecule has 1 aromatic heterocycles. The predicted octanol–water partition coefficient (Wildman–Crippen LogP) is 2.14. The highest BCUT2D eigenvalue weighted by molar-refractivity contribution is 7.99. The third-order valence-electron chi connectivity index (χ3n) is 4.73. The number of rotatable bonds is 9. The number of carbonyl (C=O) groups is 2. The van der Waals surface area contributed by atoms with Crippen molar-refractivity contribution in [2.45, 2.75) is 77.0 Å². The van der Waals surface area contributed by atoms with Crippen LogP contribution >= 0.6 is 11.8 Å². The van der Waals surface area contributed by atoms with E-state index in [1.54, 1.807) is 0 Å². The molecule has 0 aliphatic heterocycles. The first kappa shape index (κ1) is 20.7. The van der Waals surface area contributed by atoms with Crippen LogP contribution in [0.5, 0.6) is 0 Å². The second kappa shape index (κ2) is 9.94. The number of amides is 2. The van der Waals surface area contributed by atoms with Crippen molar-refractivity contribution in [2.75, 3.05) is 5.75 Å². The molecule has 1 heterocycles. The van der Waals surface area contributed by atoms with Crippen molar-refractivity contribution in [3.8, 4) is 0 Å². The Morgan fingerprint density at radius 2 is 2.04 bits per heavy atom. The van der Waals surface area contributed by atoms with E-state index in [0.29, 0.717) is 24.0 Å². The number of thioether (sulfide) groups is 1. The van der Waals surface area contributed by atoms with Gasteiger partial charge in [0.1, 0.15) is 5.82 Å². The van der Waals surface area contributed by atoms with E-state index >= 15 is 0 Å². The largest absolute Gasteiger partial charge is 0.370 e. The molecular formula is C18H31N5O2S. The first-order valence-corrected chi connectivity index (χ1v) is 10.5. The second-order valence-electron chi connectivity index (χ2n) is 7.59. The van der Waals surface area contributed by atoms with Crippen molar-refractivity contribution < 1.29 is 9.59 Å². The summed E-state index contributed by atoms with van der Waals surface area (Å²) in [6.45, 7) is 7.19. The van der Waals surface area contributed by atoms with E-state index in [9.17, 15) is 9.59 Å². The van der Waals surface area contributed by atoms with Crippen molar-refractivity contribution >= 4 is 23.6 Å². The van der Waals surface area contributed by atoms with Gasteiger partial charge in [0.15, 0.2) is 5.16 Å². The van der Waals surface area contributed by atoms with Gasteiger partial charge in [0, 0.05) is 25.4 Å². The molecule has 1 aliphatic rings. The van der Waals surface area contributed by atoms with E-state index in [1.165, 1.54) is 31.0 Å². The lowest BCUT2D eigenvalue weighted by Gasteiger charge is -2.29. The highest BCUT2D eigenvalue weighted by Crippen LogP contribution is 2.24. The Morgan fingerprint density at radius 3 is 2.69 bits per heavy atom. The molecule has 0 saturated heterocycles. The Labute approximate surface area is 159 Å². The maximum atomic E-state index is 12.3. The zero-order valence-corrected chi connectivity index (χ0v) is 16.8. The molecule has 0 spiro atoms. The molecule has 8 heteroatoms. The Kier molecular flexibility index (Phi) is 7.93. The normalized spacial score (nSPS) is 20.3. The van der Waals surface area contributed by atoms with Gasteiger partial charge >= 0.3 is 0 Å². The summed E-state index contributed by atoms with van der Waals surface area (Å²) in [7, 11) is 0. The smallest absolute Gasteiger partial charge is 0.230 e. The molecule has 1 fully saturated rings. The number of hydrogen-bond acceptors (Lipinski definition) is 5. The van der Waals surface area contributed by atoms with Gasteiger partial charge in [-0.25, -0.2) is 0 Å². The minimum atomic E-state index is -0.348. The van der Waals surface area contributed by atoms with Crippen LogP contribution in [-0.4, -0.2) is 38.4 Å². The van der Waals surface area contributed by atoms with Gasteiger partial charge in [-0.15, -0.1) is 10.2 Å². The quantitative estimate of drug-likeness (QED) is 0.638. The van der Waals surface area contributed by atoms with Gasteiger partial charge in [-0.05, 0) is 24.7 Å². The Balaban J connectivity index is 1.94. The molecule has 0 bridgehead atoms. The molecule has 2 rings (SSSR count). The summed E-state index contributed by atoms with van der Waals surface area (Å²) in [6, 6.07) is 0.288. The fraction of sp³-hybridized carbons (Fsp3) is 0.778. The van der Waals surface area contributed by atoms with Crippen LogP contribution in [0, 0.1) is 11.8 Å². The SMILES string of the molecule is CC(C)Cn1c(CCC(N)=O)nnc1SCC(=O)N[C@@H]1CCCC[C@H]1C. The summed E-state index contributed by atoms with van der Waals surface area (Å²) in [6.07, 6.45) is 5.42. The minimum absolute atomic E-state index is 0.0477. The lowest BCUT2D eigenvalue weighted by atomic mass is 9.86. The van der Waals surface area contributed by atoms with Gasteiger partial charge in [-0.3, -0.25) is 9.59 Å². The van der Waals surface area contributed by atoms with Crippen LogP contribution in [0.15, 0.2) is 5.16 Å². The van der Waals surface area contributed by atoms with E-state index in [-0.39, 0.29) is 24.3 Å². The number of nitrogens with one attached hydrogen (secondary N) is 1. The van der Waals surface area contributed by atoms with E-state index in [1.807, 2.05) is 4.57 Å². The molecule has 0 radical (unpaired) electrons. The molecule has 1 aliphatic carbocycles. The third-order valence-corrected chi connectivity index (χ3v) is 5.69. The lowest BCUT2D eigenvalue weighted by molar-refractivity contribution is -0.120. The fourth-order valence-corrected chi connectivity index (χ4v) is 4.08. The second-order valence-corrected chi connectivity index (χ2v) is 8.54. The van der Waals surface area contributed by atoms with Crippen LogP contribution < -0.4 is 11.1 Å². The van der Waals surface area contributed by atoms with Gasteiger partial charge < -0.3 is 15.6 Å². The van der Waals surface area contributed by atoms with Crippen LogP contribution in [-0.2, 0) is 22.6 Å². The van der Waals surface area contributed by atoms with Gasteiger partial charge in [-0.1, -0.05) is 45.4 Å². The fourth-order valence-electron chi connectivity index (χ4n) is 3.30. The summed E-state index contributed by atoms with van der Waals surface area (Å²) in [5, 5.41) is 12.3. The topological polar surface area (TPSA) is 103 Å². The average Bonchev–Trinajstić information content (AvgIpc) is 2.94. The molecular weight excluding hydrogens is 350 g/mol. The molecule has 2 atom stereocenters. The monoisotopic (exact) mass is 381 g/mol. The molecule has 0 unspecified atom stereocenters. The van der Waals surface area contributed by atoms with Gasteiger partial charge in [0.05, 0.1) is 5.75 Å². The summed E-state index contributed by atoms with van der Waals surface area (Å²) in [5.74, 6) is 1.74. The zero-order chi connectivity index (χ0) is 19.1. The van der Waals surface area contributed by atoms with Crippen LogP contribution in [0.1, 0.15) is 58.7 Å². The summed E-state index contributed by atoms with van der Waals surface area (Å²) < 4.78 is 2.01. The summed E-state index contributed by atoms with van der Waals surface area (Å²) >= 11 is 1.40. The third kappa shape index (κ3) is 6.30. The number of carbonyl (C=O) groups excluding carboxylic acids is 2. The molecule has 1 saturated carbocycles. The molecule has 146 valence electrons. The predicted molar refractivity (Wildman–Crippen MR) is 103 cm³/mol. The van der Waals surface area contributed by atoms with Gasteiger partial charge in [0.2, 0.25) is 11.8 Å². The molecule has 26 heavy (non-hydrogen) atoms. The highest BCUT2D eigenvalue weighted by atomic mass is 32.2. The maximum Gasteiger partial charge on any atom is 0.230 e. The van der Waals surface area contributed by atoms with Gasteiger partial charge in [0.25, 0.3) is 0 Å². The van der Waals surface area contributed by atoms with Crippen LogP contribution in [0.4, 0.5) is 0 Å². The van der Waals surface area contributed by atoms with Crippen molar-refractivity contribution in [1.82, 2.24) is 20.1 Å². The molecule has 2 amide bonds. The van der Waals surface area contributed by atoms with Crippen molar-refractivity contribution in [3.63, 3.8) is 0 Å². The molecule has 3 N–H and O–H groups in total. The van der Waals surface area contributed by atoms with E-state index in [0.717, 1.165) is 23.9 Å².